The molecule has 120 valence electrons. The zero-order valence-electron chi connectivity index (χ0n) is 13.7. The molecule has 3 rings (SSSR count). The maximum absolute atomic E-state index is 12.4. The number of carbonyl (C=O) groups is 1. The highest BCUT2D eigenvalue weighted by molar-refractivity contribution is 5.78. The van der Waals surface area contributed by atoms with Gasteiger partial charge in [-0.1, -0.05) is 41.6 Å². The van der Waals surface area contributed by atoms with Crippen LogP contribution in [0.15, 0.2) is 40.9 Å². The molecule has 0 saturated carbocycles. The minimum absolute atomic E-state index is 0.202. The third-order valence-electron chi connectivity index (χ3n) is 4.48. The van der Waals surface area contributed by atoms with E-state index in [9.17, 15) is 4.79 Å². The van der Waals surface area contributed by atoms with Crippen molar-refractivity contribution in [2.24, 2.45) is 0 Å². The molecule has 1 aromatic heterocycles. The number of amides is 1. The lowest BCUT2D eigenvalue weighted by atomic mass is 9.99. The third-order valence-corrected chi connectivity index (χ3v) is 4.48. The van der Waals surface area contributed by atoms with E-state index >= 15 is 0 Å². The van der Waals surface area contributed by atoms with Crippen LogP contribution in [0.2, 0.25) is 0 Å². The number of benzene rings is 1. The lowest BCUT2D eigenvalue weighted by molar-refractivity contribution is -0.130. The average molecular weight is 310 g/mol. The van der Waals surface area contributed by atoms with Crippen LogP contribution >= 0.6 is 0 Å². The highest BCUT2D eigenvalue weighted by atomic mass is 16.5. The van der Waals surface area contributed by atoms with Gasteiger partial charge in [-0.2, -0.15) is 0 Å². The van der Waals surface area contributed by atoms with E-state index in [0.717, 1.165) is 30.0 Å². The topological polar surface area (TPSA) is 46.3 Å². The lowest BCUT2D eigenvalue weighted by Gasteiger charge is -2.26. The fourth-order valence-electron chi connectivity index (χ4n) is 3.06. The Balaban J connectivity index is 1.57. The van der Waals surface area contributed by atoms with Gasteiger partial charge in [-0.05, 0) is 37.8 Å². The van der Waals surface area contributed by atoms with Crippen LogP contribution in [-0.2, 0) is 11.2 Å². The van der Waals surface area contributed by atoms with Gasteiger partial charge in [0.15, 0.2) is 0 Å². The molecule has 0 N–H and O–H groups in total. The predicted octanol–water partition coefficient (Wildman–Crippen LogP) is 3.54. The second kappa shape index (κ2) is 6.82. The Hall–Kier alpha value is -2.36. The lowest BCUT2D eigenvalue weighted by Crippen LogP contribution is -2.34. The molecule has 0 radical (unpaired) electrons. The van der Waals surface area contributed by atoms with Crippen molar-refractivity contribution in [3.8, 4) is 0 Å². The molecule has 0 spiro atoms. The zero-order chi connectivity index (χ0) is 16.2. The zero-order valence-corrected chi connectivity index (χ0v) is 13.7. The molecule has 2 aromatic rings. The van der Waals surface area contributed by atoms with Gasteiger partial charge in [0.1, 0.15) is 5.76 Å². The largest absolute Gasteiger partial charge is 0.361 e. The van der Waals surface area contributed by atoms with E-state index in [0.29, 0.717) is 19.4 Å². The maximum Gasteiger partial charge on any atom is 0.223 e. The standard InChI is InChI=1S/C19H22N2O2/c1-14-18(15(2)23-20-14)8-9-19(22)21-12-10-17(11-13-21)16-6-4-3-5-7-16/h3-7,10H,8-9,11-13H2,1-2H3. The first-order chi connectivity index (χ1) is 11.1. The number of rotatable bonds is 4. The summed E-state index contributed by atoms with van der Waals surface area (Å²) in [7, 11) is 0. The van der Waals surface area contributed by atoms with E-state index in [1.165, 1.54) is 11.1 Å². The summed E-state index contributed by atoms with van der Waals surface area (Å²) in [6.45, 7) is 5.31. The van der Waals surface area contributed by atoms with E-state index in [1.54, 1.807) is 0 Å². The minimum Gasteiger partial charge on any atom is -0.361 e. The SMILES string of the molecule is Cc1noc(C)c1CCC(=O)N1CC=C(c2ccccc2)CC1. The van der Waals surface area contributed by atoms with Crippen LogP contribution in [0.5, 0.6) is 0 Å². The van der Waals surface area contributed by atoms with Gasteiger partial charge in [0.05, 0.1) is 5.69 Å². The Kier molecular flexibility index (Phi) is 4.60. The molecule has 4 heteroatoms. The predicted molar refractivity (Wildman–Crippen MR) is 89.9 cm³/mol. The first-order valence-corrected chi connectivity index (χ1v) is 8.09. The van der Waals surface area contributed by atoms with Crippen molar-refractivity contribution >= 4 is 11.5 Å². The fourth-order valence-corrected chi connectivity index (χ4v) is 3.06. The number of aryl methyl sites for hydroxylation is 2. The number of hydrogen-bond acceptors (Lipinski definition) is 3. The molecule has 2 heterocycles. The second-order valence-electron chi connectivity index (χ2n) is 5.99. The van der Waals surface area contributed by atoms with Crippen molar-refractivity contribution in [2.45, 2.75) is 33.1 Å². The second-order valence-corrected chi connectivity index (χ2v) is 5.99. The molecule has 0 saturated heterocycles. The number of nitrogens with zero attached hydrogens (tertiary/aromatic N) is 2. The van der Waals surface area contributed by atoms with Crippen molar-refractivity contribution in [3.05, 3.63) is 59.0 Å². The van der Waals surface area contributed by atoms with Crippen LogP contribution in [0.4, 0.5) is 0 Å². The van der Waals surface area contributed by atoms with Gasteiger partial charge in [0.25, 0.3) is 0 Å². The smallest absolute Gasteiger partial charge is 0.223 e. The molecule has 1 aliphatic heterocycles. The summed E-state index contributed by atoms with van der Waals surface area (Å²) in [5.74, 6) is 1.02. The summed E-state index contributed by atoms with van der Waals surface area (Å²) in [6.07, 6.45) is 4.30. The Bertz CT molecular complexity index is 697. The molecule has 0 fully saturated rings. The van der Waals surface area contributed by atoms with Crippen molar-refractivity contribution in [1.29, 1.82) is 0 Å². The molecule has 1 amide bonds. The Morgan fingerprint density at radius 2 is 2.04 bits per heavy atom. The van der Waals surface area contributed by atoms with Crippen LogP contribution in [0.1, 0.15) is 35.4 Å². The van der Waals surface area contributed by atoms with E-state index in [2.05, 4.69) is 35.5 Å². The first-order valence-electron chi connectivity index (χ1n) is 8.09. The summed E-state index contributed by atoms with van der Waals surface area (Å²) in [5.41, 5.74) is 4.55. The van der Waals surface area contributed by atoms with Crippen molar-refractivity contribution in [3.63, 3.8) is 0 Å². The molecule has 0 unspecified atom stereocenters. The molecule has 0 atom stereocenters. The highest BCUT2D eigenvalue weighted by Gasteiger charge is 2.19. The van der Waals surface area contributed by atoms with E-state index in [-0.39, 0.29) is 5.91 Å². The van der Waals surface area contributed by atoms with Crippen molar-refractivity contribution < 1.29 is 9.32 Å². The van der Waals surface area contributed by atoms with Crippen LogP contribution in [0, 0.1) is 13.8 Å². The fraction of sp³-hybridized carbons (Fsp3) is 0.368. The number of carbonyl (C=O) groups excluding carboxylic acids is 1. The molecule has 1 aliphatic rings. The normalized spacial score (nSPS) is 14.7. The molecular formula is C19H22N2O2. The van der Waals surface area contributed by atoms with Gasteiger partial charge in [-0.15, -0.1) is 0 Å². The van der Waals surface area contributed by atoms with Gasteiger partial charge in [0.2, 0.25) is 5.91 Å². The average Bonchev–Trinajstić information content (AvgIpc) is 2.92. The molecule has 23 heavy (non-hydrogen) atoms. The van der Waals surface area contributed by atoms with E-state index < -0.39 is 0 Å². The summed E-state index contributed by atoms with van der Waals surface area (Å²) in [4.78, 5) is 14.3. The van der Waals surface area contributed by atoms with Gasteiger partial charge >= 0.3 is 0 Å². The van der Waals surface area contributed by atoms with Gasteiger partial charge in [0, 0.05) is 25.1 Å². The molecular weight excluding hydrogens is 288 g/mol. The van der Waals surface area contributed by atoms with Gasteiger partial charge in [-0.25, -0.2) is 0 Å². The molecule has 0 aliphatic carbocycles. The van der Waals surface area contributed by atoms with Crippen LogP contribution in [0.25, 0.3) is 5.57 Å². The van der Waals surface area contributed by atoms with Crippen LogP contribution < -0.4 is 0 Å². The highest BCUT2D eigenvalue weighted by Crippen LogP contribution is 2.23. The quantitative estimate of drug-likeness (QED) is 0.867. The summed E-state index contributed by atoms with van der Waals surface area (Å²) in [5, 5.41) is 3.94. The van der Waals surface area contributed by atoms with Gasteiger partial charge in [-0.3, -0.25) is 4.79 Å². The van der Waals surface area contributed by atoms with Crippen molar-refractivity contribution in [2.75, 3.05) is 13.1 Å². The van der Waals surface area contributed by atoms with Gasteiger partial charge < -0.3 is 9.42 Å². The van der Waals surface area contributed by atoms with E-state index in [4.69, 9.17) is 4.52 Å². The first kappa shape index (κ1) is 15.5. The monoisotopic (exact) mass is 310 g/mol. The summed E-state index contributed by atoms with van der Waals surface area (Å²) >= 11 is 0. The summed E-state index contributed by atoms with van der Waals surface area (Å²) < 4.78 is 5.15. The van der Waals surface area contributed by atoms with Crippen LogP contribution in [-0.4, -0.2) is 29.1 Å². The molecule has 0 bridgehead atoms. The minimum atomic E-state index is 0.202. The van der Waals surface area contributed by atoms with Crippen LogP contribution in [0.3, 0.4) is 0 Å². The van der Waals surface area contributed by atoms with E-state index in [1.807, 2.05) is 24.8 Å². The maximum atomic E-state index is 12.4. The molecule has 4 nitrogen and oxygen atoms in total. The Morgan fingerprint density at radius 1 is 1.26 bits per heavy atom. The number of hydrogen-bond donors (Lipinski definition) is 0. The Morgan fingerprint density at radius 3 is 2.65 bits per heavy atom. The molecule has 1 aromatic carbocycles. The Labute approximate surface area is 136 Å². The van der Waals surface area contributed by atoms with Crippen molar-refractivity contribution in [1.82, 2.24) is 10.1 Å². The third kappa shape index (κ3) is 3.52. The summed E-state index contributed by atoms with van der Waals surface area (Å²) in [6, 6.07) is 10.4. The number of aromatic nitrogens is 1.